The number of hydrogen-bond acceptors (Lipinski definition) is 3. The van der Waals surface area contributed by atoms with Crippen LogP contribution in [0, 0.1) is 0 Å². The zero-order valence-electron chi connectivity index (χ0n) is 8.06. The van der Waals surface area contributed by atoms with Crippen molar-refractivity contribution >= 4 is 23.7 Å². The van der Waals surface area contributed by atoms with Gasteiger partial charge in [0.15, 0.2) is 0 Å². The molecule has 80 valence electrons. The van der Waals surface area contributed by atoms with Gasteiger partial charge in [0.2, 0.25) is 0 Å². The largest absolute Gasteiger partial charge is 0.478 e. The first kappa shape index (κ1) is 11.6. The first-order valence-corrected chi connectivity index (χ1v) is 5.28. The van der Waals surface area contributed by atoms with Crippen molar-refractivity contribution in [3.63, 3.8) is 0 Å². The summed E-state index contributed by atoms with van der Waals surface area (Å²) in [4.78, 5) is 22.3. The standard InChI is InChI=1S/C10H10O4S/c1-2-15-6-3-4-7(9(11)12)8(5-6)10(13)14/h3-5H,2H2,1H3,(H,11,12)(H,13,14). The Morgan fingerprint density at radius 3 is 2.27 bits per heavy atom. The third-order valence-electron chi connectivity index (χ3n) is 1.76. The smallest absolute Gasteiger partial charge is 0.336 e. The maximum Gasteiger partial charge on any atom is 0.336 e. The Labute approximate surface area is 90.9 Å². The number of aromatic carboxylic acids is 2. The average Bonchev–Trinajstić information content (AvgIpc) is 2.17. The van der Waals surface area contributed by atoms with Crippen molar-refractivity contribution in [2.45, 2.75) is 11.8 Å². The number of carboxylic acid groups (broad SMARTS) is 2. The van der Waals surface area contributed by atoms with Crippen LogP contribution in [0.3, 0.4) is 0 Å². The monoisotopic (exact) mass is 226 g/mol. The summed E-state index contributed by atoms with van der Waals surface area (Å²) < 4.78 is 0. The lowest BCUT2D eigenvalue weighted by Crippen LogP contribution is -2.07. The molecule has 0 fully saturated rings. The van der Waals surface area contributed by atoms with Gasteiger partial charge in [0.25, 0.3) is 0 Å². The van der Waals surface area contributed by atoms with Crippen molar-refractivity contribution in [2.75, 3.05) is 5.75 Å². The van der Waals surface area contributed by atoms with Crippen molar-refractivity contribution in [1.82, 2.24) is 0 Å². The molecule has 0 aliphatic carbocycles. The van der Waals surface area contributed by atoms with Crippen molar-refractivity contribution in [1.29, 1.82) is 0 Å². The molecule has 0 saturated heterocycles. The highest BCUT2D eigenvalue weighted by atomic mass is 32.2. The van der Waals surface area contributed by atoms with Gasteiger partial charge in [0, 0.05) is 4.90 Å². The minimum Gasteiger partial charge on any atom is -0.478 e. The molecule has 15 heavy (non-hydrogen) atoms. The Balaban J connectivity index is 3.21. The molecule has 0 atom stereocenters. The predicted octanol–water partition coefficient (Wildman–Crippen LogP) is 2.20. The third-order valence-corrected chi connectivity index (χ3v) is 2.64. The van der Waals surface area contributed by atoms with Crippen LogP contribution in [0.15, 0.2) is 23.1 Å². The van der Waals surface area contributed by atoms with E-state index in [1.165, 1.54) is 23.9 Å². The highest BCUT2D eigenvalue weighted by Gasteiger charge is 2.15. The van der Waals surface area contributed by atoms with Crippen LogP contribution in [0.5, 0.6) is 0 Å². The number of carbonyl (C=O) groups is 2. The minimum atomic E-state index is -1.22. The molecule has 1 aromatic carbocycles. The third kappa shape index (κ3) is 2.73. The van der Waals surface area contributed by atoms with Gasteiger partial charge in [-0.15, -0.1) is 11.8 Å². The number of thioether (sulfide) groups is 1. The van der Waals surface area contributed by atoms with Crippen LogP contribution in [-0.4, -0.2) is 27.9 Å². The molecule has 1 rings (SSSR count). The van der Waals surface area contributed by atoms with Gasteiger partial charge in [-0.25, -0.2) is 9.59 Å². The second-order valence-corrected chi connectivity index (χ2v) is 4.09. The van der Waals surface area contributed by atoms with E-state index in [1.54, 1.807) is 6.07 Å². The first-order valence-electron chi connectivity index (χ1n) is 4.29. The quantitative estimate of drug-likeness (QED) is 0.770. The van der Waals surface area contributed by atoms with Crippen LogP contribution >= 0.6 is 11.8 Å². The van der Waals surface area contributed by atoms with E-state index < -0.39 is 11.9 Å². The van der Waals surface area contributed by atoms with Crippen molar-refractivity contribution in [3.05, 3.63) is 29.3 Å². The van der Waals surface area contributed by atoms with Gasteiger partial charge in [0.1, 0.15) is 0 Å². The molecule has 0 aliphatic heterocycles. The summed E-state index contributed by atoms with van der Waals surface area (Å²) in [5.74, 6) is -1.63. The first-order chi connectivity index (χ1) is 7.06. The summed E-state index contributed by atoms with van der Waals surface area (Å²) >= 11 is 1.47. The Kier molecular flexibility index (Phi) is 3.74. The molecule has 0 spiro atoms. The zero-order valence-corrected chi connectivity index (χ0v) is 8.87. The molecule has 2 N–H and O–H groups in total. The lowest BCUT2D eigenvalue weighted by atomic mass is 10.1. The van der Waals surface area contributed by atoms with E-state index in [4.69, 9.17) is 10.2 Å². The minimum absolute atomic E-state index is 0.166. The summed E-state index contributed by atoms with van der Waals surface area (Å²) in [6.07, 6.45) is 0. The fourth-order valence-corrected chi connectivity index (χ4v) is 1.84. The van der Waals surface area contributed by atoms with Gasteiger partial charge in [-0.3, -0.25) is 0 Å². The van der Waals surface area contributed by atoms with E-state index in [0.29, 0.717) is 0 Å². The van der Waals surface area contributed by atoms with Crippen LogP contribution in [0.1, 0.15) is 27.6 Å². The summed E-state index contributed by atoms with van der Waals surface area (Å²) in [7, 11) is 0. The van der Waals surface area contributed by atoms with E-state index in [1.807, 2.05) is 6.92 Å². The molecule has 0 heterocycles. The van der Waals surface area contributed by atoms with Crippen molar-refractivity contribution in [2.24, 2.45) is 0 Å². The van der Waals surface area contributed by atoms with Gasteiger partial charge in [-0.05, 0) is 24.0 Å². The Morgan fingerprint density at radius 1 is 1.20 bits per heavy atom. The molecule has 0 unspecified atom stereocenters. The van der Waals surface area contributed by atoms with E-state index in [0.717, 1.165) is 10.6 Å². The average molecular weight is 226 g/mol. The van der Waals surface area contributed by atoms with Crippen LogP contribution in [0.2, 0.25) is 0 Å². The molecule has 0 bridgehead atoms. The highest BCUT2D eigenvalue weighted by Crippen LogP contribution is 2.21. The Morgan fingerprint density at radius 2 is 1.80 bits per heavy atom. The van der Waals surface area contributed by atoms with Crippen LogP contribution in [-0.2, 0) is 0 Å². The number of carboxylic acids is 2. The molecule has 0 saturated carbocycles. The molecular formula is C10H10O4S. The summed E-state index contributed by atoms with van der Waals surface area (Å²) in [5.41, 5.74) is -0.344. The lowest BCUT2D eigenvalue weighted by Gasteiger charge is -2.04. The molecule has 0 aromatic heterocycles. The SMILES string of the molecule is CCSc1ccc(C(=O)O)c(C(=O)O)c1. The van der Waals surface area contributed by atoms with Gasteiger partial charge in [-0.1, -0.05) is 6.92 Å². The van der Waals surface area contributed by atoms with Crippen LogP contribution in [0.25, 0.3) is 0 Å². The number of benzene rings is 1. The zero-order chi connectivity index (χ0) is 11.4. The predicted molar refractivity (Wildman–Crippen MR) is 56.8 cm³/mol. The van der Waals surface area contributed by atoms with Crippen molar-refractivity contribution < 1.29 is 19.8 Å². The fraction of sp³-hybridized carbons (Fsp3) is 0.200. The second-order valence-electron chi connectivity index (χ2n) is 2.75. The molecule has 1 aromatic rings. The van der Waals surface area contributed by atoms with E-state index in [-0.39, 0.29) is 11.1 Å². The van der Waals surface area contributed by atoms with Crippen molar-refractivity contribution in [3.8, 4) is 0 Å². The van der Waals surface area contributed by atoms with E-state index in [2.05, 4.69) is 0 Å². The molecule has 4 nitrogen and oxygen atoms in total. The summed E-state index contributed by atoms with van der Waals surface area (Å²) in [5, 5.41) is 17.6. The number of rotatable bonds is 4. The normalized spacial score (nSPS) is 9.93. The maximum absolute atomic E-state index is 10.8. The number of hydrogen-bond donors (Lipinski definition) is 2. The summed E-state index contributed by atoms with van der Waals surface area (Å²) in [6.45, 7) is 1.94. The van der Waals surface area contributed by atoms with E-state index in [9.17, 15) is 9.59 Å². The fourth-order valence-electron chi connectivity index (χ4n) is 1.14. The Bertz CT molecular complexity index is 400. The molecule has 0 radical (unpaired) electrons. The molecule has 5 heteroatoms. The highest BCUT2D eigenvalue weighted by molar-refractivity contribution is 7.99. The van der Waals surface area contributed by atoms with Crippen LogP contribution in [0.4, 0.5) is 0 Å². The summed E-state index contributed by atoms with van der Waals surface area (Å²) in [6, 6.07) is 4.33. The molecule has 0 aliphatic rings. The topological polar surface area (TPSA) is 74.6 Å². The lowest BCUT2D eigenvalue weighted by molar-refractivity contribution is 0.0651. The van der Waals surface area contributed by atoms with Gasteiger partial charge in [-0.2, -0.15) is 0 Å². The van der Waals surface area contributed by atoms with Gasteiger partial charge < -0.3 is 10.2 Å². The van der Waals surface area contributed by atoms with E-state index >= 15 is 0 Å². The maximum atomic E-state index is 10.8. The molecular weight excluding hydrogens is 216 g/mol. The van der Waals surface area contributed by atoms with Gasteiger partial charge in [0.05, 0.1) is 11.1 Å². The van der Waals surface area contributed by atoms with Crippen LogP contribution < -0.4 is 0 Å². The molecule has 0 amide bonds. The second kappa shape index (κ2) is 4.84. The Hall–Kier alpha value is -1.49. The van der Waals surface area contributed by atoms with Gasteiger partial charge >= 0.3 is 11.9 Å².